The highest BCUT2D eigenvalue weighted by atomic mass is 16.1. The lowest BCUT2D eigenvalue weighted by molar-refractivity contribution is 0.482. The van der Waals surface area contributed by atoms with E-state index in [1.807, 2.05) is 7.05 Å². The van der Waals surface area contributed by atoms with E-state index in [2.05, 4.69) is 31.2 Å². The molecular weight excluding hydrogens is 304 g/mol. The molecule has 1 saturated heterocycles. The van der Waals surface area contributed by atoms with E-state index < -0.39 is 0 Å². The molecule has 2 aromatic rings. The van der Waals surface area contributed by atoms with E-state index in [-0.39, 0.29) is 5.56 Å². The van der Waals surface area contributed by atoms with Gasteiger partial charge in [-0.3, -0.25) is 4.79 Å². The second-order valence-corrected chi connectivity index (χ2v) is 6.70. The molecule has 0 spiro atoms. The third-order valence-electron chi connectivity index (χ3n) is 5.10. The first-order valence-electron chi connectivity index (χ1n) is 8.49. The van der Waals surface area contributed by atoms with E-state index in [4.69, 9.17) is 0 Å². The molecule has 7 heteroatoms. The first-order chi connectivity index (χ1) is 11.6. The fourth-order valence-corrected chi connectivity index (χ4v) is 3.39. The highest BCUT2D eigenvalue weighted by Gasteiger charge is 2.32. The molecule has 0 atom stereocenters. The van der Waals surface area contributed by atoms with Crippen molar-refractivity contribution in [2.24, 2.45) is 7.05 Å². The van der Waals surface area contributed by atoms with Gasteiger partial charge in [0.25, 0.3) is 5.56 Å². The minimum absolute atomic E-state index is 0.0910. The standard InChI is InChI=1S/C17H22N6O/c1-21(15-7-8-17(24)22(2)20-15)13-10-23(11-13)16-9-12-5-3-4-6-14(12)18-19-16/h7-9,13H,3-6,10-11H2,1-2H3. The summed E-state index contributed by atoms with van der Waals surface area (Å²) in [5, 5.41) is 13.1. The maximum absolute atomic E-state index is 11.5. The van der Waals surface area contributed by atoms with Crippen molar-refractivity contribution in [1.82, 2.24) is 20.0 Å². The van der Waals surface area contributed by atoms with Crippen LogP contribution in [0.25, 0.3) is 0 Å². The molecule has 2 aromatic heterocycles. The van der Waals surface area contributed by atoms with Crippen molar-refractivity contribution in [2.75, 3.05) is 29.9 Å². The molecule has 0 amide bonds. The minimum atomic E-state index is -0.0910. The minimum Gasteiger partial charge on any atom is -0.352 e. The van der Waals surface area contributed by atoms with Crippen LogP contribution in [0, 0.1) is 0 Å². The van der Waals surface area contributed by atoms with Gasteiger partial charge in [0.1, 0.15) is 5.82 Å². The van der Waals surface area contributed by atoms with Crippen LogP contribution in [0.2, 0.25) is 0 Å². The van der Waals surface area contributed by atoms with Gasteiger partial charge in [-0.05, 0) is 43.4 Å². The quantitative estimate of drug-likeness (QED) is 0.830. The second kappa shape index (κ2) is 5.89. The van der Waals surface area contributed by atoms with Gasteiger partial charge in [0.05, 0.1) is 11.7 Å². The first kappa shape index (κ1) is 15.1. The average molecular weight is 326 g/mol. The largest absolute Gasteiger partial charge is 0.352 e. The number of aryl methyl sites for hydroxylation is 3. The molecule has 0 bridgehead atoms. The molecule has 0 radical (unpaired) electrons. The van der Waals surface area contributed by atoms with Gasteiger partial charge in [-0.2, -0.15) is 10.2 Å². The Kier molecular flexibility index (Phi) is 3.70. The maximum Gasteiger partial charge on any atom is 0.266 e. The van der Waals surface area contributed by atoms with Crippen LogP contribution in [0.5, 0.6) is 0 Å². The van der Waals surface area contributed by atoms with Crippen LogP contribution in [0.4, 0.5) is 11.6 Å². The molecule has 2 aliphatic rings. The Labute approximate surface area is 140 Å². The zero-order chi connectivity index (χ0) is 16.7. The summed E-state index contributed by atoms with van der Waals surface area (Å²) in [4.78, 5) is 15.8. The SMILES string of the molecule is CN(c1ccc(=O)n(C)n1)C1CN(c2cc3c(nn2)CCCC3)C1. The lowest BCUT2D eigenvalue weighted by Gasteiger charge is -2.45. The second-order valence-electron chi connectivity index (χ2n) is 6.70. The third-order valence-corrected chi connectivity index (χ3v) is 5.10. The molecule has 0 saturated carbocycles. The van der Waals surface area contributed by atoms with Crippen molar-refractivity contribution >= 4 is 11.6 Å². The monoisotopic (exact) mass is 326 g/mol. The van der Waals surface area contributed by atoms with Crippen LogP contribution >= 0.6 is 0 Å². The number of anilines is 2. The lowest BCUT2D eigenvalue weighted by atomic mass is 9.96. The molecule has 24 heavy (non-hydrogen) atoms. The first-order valence-corrected chi connectivity index (χ1v) is 8.49. The summed E-state index contributed by atoms with van der Waals surface area (Å²) >= 11 is 0. The van der Waals surface area contributed by atoms with Gasteiger partial charge < -0.3 is 9.80 Å². The van der Waals surface area contributed by atoms with Gasteiger partial charge in [-0.25, -0.2) is 4.68 Å². The molecule has 0 aromatic carbocycles. The van der Waals surface area contributed by atoms with E-state index in [9.17, 15) is 4.79 Å². The Morgan fingerprint density at radius 3 is 2.75 bits per heavy atom. The van der Waals surface area contributed by atoms with Crippen LogP contribution in [0.15, 0.2) is 23.0 Å². The van der Waals surface area contributed by atoms with Crippen molar-refractivity contribution in [3.8, 4) is 0 Å². The van der Waals surface area contributed by atoms with Gasteiger partial charge in [0.2, 0.25) is 0 Å². The van der Waals surface area contributed by atoms with Crippen LogP contribution in [0.3, 0.4) is 0 Å². The Morgan fingerprint density at radius 1 is 1.17 bits per heavy atom. The summed E-state index contributed by atoms with van der Waals surface area (Å²) in [5.74, 6) is 1.80. The summed E-state index contributed by atoms with van der Waals surface area (Å²) < 4.78 is 1.37. The molecule has 1 fully saturated rings. The number of hydrogen-bond acceptors (Lipinski definition) is 6. The summed E-state index contributed by atoms with van der Waals surface area (Å²) in [6.07, 6.45) is 4.66. The summed E-state index contributed by atoms with van der Waals surface area (Å²) in [6, 6.07) is 5.92. The molecule has 0 unspecified atom stereocenters. The molecular formula is C17H22N6O. The van der Waals surface area contributed by atoms with Gasteiger partial charge in [-0.15, -0.1) is 5.10 Å². The topological polar surface area (TPSA) is 67.2 Å². The van der Waals surface area contributed by atoms with E-state index in [0.717, 1.165) is 37.6 Å². The van der Waals surface area contributed by atoms with Crippen molar-refractivity contribution in [2.45, 2.75) is 31.7 Å². The van der Waals surface area contributed by atoms with Crippen LogP contribution in [0.1, 0.15) is 24.1 Å². The van der Waals surface area contributed by atoms with Gasteiger partial charge >= 0.3 is 0 Å². The number of rotatable bonds is 3. The predicted octanol–water partition coefficient (Wildman–Crippen LogP) is 0.774. The zero-order valence-corrected chi connectivity index (χ0v) is 14.1. The normalized spacial score (nSPS) is 17.3. The number of likely N-dealkylation sites (N-methyl/N-ethyl adjacent to an activating group) is 1. The Hall–Kier alpha value is -2.44. The highest BCUT2D eigenvalue weighted by molar-refractivity contribution is 5.49. The zero-order valence-electron chi connectivity index (χ0n) is 14.1. The summed E-state index contributed by atoms with van der Waals surface area (Å²) in [6.45, 7) is 1.79. The molecule has 0 N–H and O–H groups in total. The number of hydrogen-bond donors (Lipinski definition) is 0. The van der Waals surface area contributed by atoms with Crippen molar-refractivity contribution in [3.05, 3.63) is 39.8 Å². The van der Waals surface area contributed by atoms with E-state index >= 15 is 0 Å². The van der Waals surface area contributed by atoms with Crippen molar-refractivity contribution in [3.63, 3.8) is 0 Å². The molecule has 1 aliphatic heterocycles. The van der Waals surface area contributed by atoms with Crippen LogP contribution in [-0.2, 0) is 19.9 Å². The molecule has 7 nitrogen and oxygen atoms in total. The van der Waals surface area contributed by atoms with Gasteiger partial charge in [-0.1, -0.05) is 0 Å². The third kappa shape index (κ3) is 2.64. The molecule has 126 valence electrons. The van der Waals surface area contributed by atoms with Crippen LogP contribution < -0.4 is 15.4 Å². The van der Waals surface area contributed by atoms with Gasteiger partial charge in [0.15, 0.2) is 5.82 Å². The Balaban J connectivity index is 1.44. The molecule has 1 aliphatic carbocycles. The van der Waals surface area contributed by atoms with Crippen molar-refractivity contribution < 1.29 is 0 Å². The fraction of sp³-hybridized carbons (Fsp3) is 0.529. The number of fused-ring (bicyclic) bond motifs is 1. The average Bonchev–Trinajstić information content (AvgIpc) is 2.56. The summed E-state index contributed by atoms with van der Waals surface area (Å²) in [7, 11) is 3.70. The summed E-state index contributed by atoms with van der Waals surface area (Å²) in [5.41, 5.74) is 2.45. The smallest absolute Gasteiger partial charge is 0.266 e. The molecule has 3 heterocycles. The Morgan fingerprint density at radius 2 is 1.96 bits per heavy atom. The van der Waals surface area contributed by atoms with E-state index in [1.165, 1.54) is 28.8 Å². The highest BCUT2D eigenvalue weighted by Crippen LogP contribution is 2.27. The van der Waals surface area contributed by atoms with E-state index in [0.29, 0.717) is 6.04 Å². The fourth-order valence-electron chi connectivity index (χ4n) is 3.39. The maximum atomic E-state index is 11.5. The predicted molar refractivity (Wildman–Crippen MR) is 92.6 cm³/mol. The number of nitrogens with zero attached hydrogens (tertiary/aromatic N) is 6. The van der Waals surface area contributed by atoms with E-state index in [1.54, 1.807) is 19.2 Å². The number of aromatic nitrogens is 4. The molecule has 4 rings (SSSR count). The Bertz CT molecular complexity index is 811. The van der Waals surface area contributed by atoms with Crippen LogP contribution in [-0.4, -0.2) is 46.2 Å². The van der Waals surface area contributed by atoms with Crippen molar-refractivity contribution in [1.29, 1.82) is 0 Å². The lowest BCUT2D eigenvalue weighted by Crippen LogP contribution is -2.59. The van der Waals surface area contributed by atoms with Gasteiger partial charge in [0, 0.05) is 33.3 Å².